The Morgan fingerprint density at radius 3 is 1.84 bits per heavy atom. The largest absolute Gasteiger partial charge is 0.457 e. The standard InChI is InChI=1S/C41H48N8O6.C2H6O/c1-23(2)35(42-22-50)39(51)48-17-7-11-33(48)38-44-30-16-14-28(21-32(30)46-38)55-27-10-6-9-25(19-27)26-13-15-29-31(20-26)45-37(43-29)34-12-8-18-49(34)40(52)36(24(3)4)47-41(53)54-5;1-3-2/h6,9-10,13-16,19-24,33-36H,7-8,11-12,17-18H2,1-5H3,(H,42,50)(H,43,45)(H,44,46)(H,47,53);1-2H3/t33-,34-,35?,36?;/m0./s1. The fraction of sp³-hybridized carbons (Fsp3) is 0.442. The first kappa shape index (κ1) is 41.7. The smallest absolute Gasteiger partial charge is 0.407 e. The Hall–Kier alpha value is -5.96. The van der Waals surface area contributed by atoms with Crippen LogP contribution in [0.4, 0.5) is 4.79 Å². The summed E-state index contributed by atoms with van der Waals surface area (Å²) in [6.45, 7) is 8.83. The van der Waals surface area contributed by atoms with Crippen LogP contribution in [-0.2, 0) is 23.9 Å². The van der Waals surface area contributed by atoms with Gasteiger partial charge in [-0.2, -0.15) is 0 Å². The monoisotopic (exact) mass is 794 g/mol. The van der Waals surface area contributed by atoms with E-state index in [0.29, 0.717) is 36.8 Å². The molecule has 2 saturated heterocycles. The van der Waals surface area contributed by atoms with Crippen molar-refractivity contribution in [3.63, 3.8) is 0 Å². The topological polar surface area (TPSA) is 184 Å². The van der Waals surface area contributed by atoms with Gasteiger partial charge in [-0.15, -0.1) is 0 Å². The molecule has 5 aromatic rings. The second-order valence-corrected chi connectivity index (χ2v) is 15.4. The molecule has 3 aromatic carbocycles. The molecule has 4 heterocycles. The van der Waals surface area contributed by atoms with Gasteiger partial charge in [-0.05, 0) is 85.0 Å². The molecule has 0 bridgehead atoms. The fourth-order valence-electron chi connectivity index (χ4n) is 7.78. The minimum atomic E-state index is -0.700. The molecule has 0 spiro atoms. The van der Waals surface area contributed by atoms with Crippen LogP contribution in [-0.4, -0.2) is 101 Å². The lowest BCUT2D eigenvalue weighted by atomic mass is 10.0. The molecular weight excluding hydrogens is 741 g/mol. The lowest BCUT2D eigenvalue weighted by Crippen LogP contribution is -2.51. The van der Waals surface area contributed by atoms with E-state index >= 15 is 0 Å². The zero-order valence-electron chi connectivity index (χ0n) is 34.2. The fourth-order valence-corrected chi connectivity index (χ4v) is 7.78. The number of benzene rings is 3. The van der Waals surface area contributed by atoms with Crippen LogP contribution in [0.2, 0.25) is 0 Å². The third-order valence-corrected chi connectivity index (χ3v) is 10.6. The van der Waals surface area contributed by atoms with Gasteiger partial charge in [-0.25, -0.2) is 14.8 Å². The molecule has 4 atom stereocenters. The van der Waals surface area contributed by atoms with Crippen LogP contribution < -0.4 is 15.4 Å². The number of likely N-dealkylation sites (tertiary alicyclic amines) is 2. The van der Waals surface area contributed by atoms with Gasteiger partial charge in [0, 0.05) is 33.4 Å². The number of carbonyl (C=O) groups is 4. The molecule has 2 aliphatic rings. The molecule has 2 fully saturated rings. The van der Waals surface area contributed by atoms with Crippen molar-refractivity contribution in [2.24, 2.45) is 11.8 Å². The number of imidazole rings is 2. The molecule has 58 heavy (non-hydrogen) atoms. The van der Waals surface area contributed by atoms with Gasteiger partial charge in [0.05, 0.1) is 41.3 Å². The zero-order chi connectivity index (χ0) is 41.5. The summed E-state index contributed by atoms with van der Waals surface area (Å²) in [6.07, 6.45) is 3.21. The van der Waals surface area contributed by atoms with Gasteiger partial charge in [0.2, 0.25) is 18.2 Å². The van der Waals surface area contributed by atoms with E-state index in [9.17, 15) is 19.2 Å². The van der Waals surface area contributed by atoms with E-state index < -0.39 is 18.2 Å². The van der Waals surface area contributed by atoms with Crippen LogP contribution in [0.25, 0.3) is 33.2 Å². The highest BCUT2D eigenvalue weighted by Gasteiger charge is 2.38. The van der Waals surface area contributed by atoms with Crippen molar-refractivity contribution in [1.29, 1.82) is 0 Å². The number of alkyl carbamates (subject to hydrolysis) is 1. The van der Waals surface area contributed by atoms with E-state index in [1.165, 1.54) is 7.11 Å². The first-order valence-corrected chi connectivity index (χ1v) is 19.8. The third-order valence-electron chi connectivity index (χ3n) is 10.6. The number of rotatable bonds is 12. The SMILES string of the molecule is COC.COC(=O)NC(C(=O)N1CCC[C@H]1c1nc2ccc(-c3cccc(Oc4ccc5nc([C@@H]6CCCN6C(=O)C(NC=O)C(C)C)[nH]c5c4)c3)cc2[nH]1)C(C)C. The molecule has 2 aliphatic heterocycles. The lowest BCUT2D eigenvalue weighted by molar-refractivity contribution is -0.137. The Labute approximate surface area is 338 Å². The summed E-state index contributed by atoms with van der Waals surface area (Å²) in [4.78, 5) is 70.4. The number of aromatic amines is 2. The van der Waals surface area contributed by atoms with Gasteiger partial charge in [0.25, 0.3) is 0 Å². The molecule has 2 aromatic heterocycles. The number of ether oxygens (including phenoxy) is 3. The van der Waals surface area contributed by atoms with Crippen molar-refractivity contribution >= 4 is 46.4 Å². The summed E-state index contributed by atoms with van der Waals surface area (Å²) in [5.74, 6) is 2.34. The summed E-state index contributed by atoms with van der Waals surface area (Å²) < 4.78 is 15.4. The lowest BCUT2D eigenvalue weighted by Gasteiger charge is -2.29. The van der Waals surface area contributed by atoms with Crippen molar-refractivity contribution in [2.75, 3.05) is 34.4 Å². The summed E-state index contributed by atoms with van der Waals surface area (Å²) in [6, 6.07) is 17.9. The second-order valence-electron chi connectivity index (χ2n) is 15.4. The maximum atomic E-state index is 13.6. The summed E-state index contributed by atoms with van der Waals surface area (Å²) in [5.41, 5.74) is 5.17. The van der Waals surface area contributed by atoms with E-state index in [2.05, 4.69) is 31.4 Å². The molecule has 2 unspecified atom stereocenters. The van der Waals surface area contributed by atoms with Crippen LogP contribution in [0.15, 0.2) is 60.7 Å². The molecule has 7 rings (SSSR count). The highest BCUT2D eigenvalue weighted by molar-refractivity contribution is 5.87. The highest BCUT2D eigenvalue weighted by Crippen LogP contribution is 2.36. The minimum absolute atomic E-state index is 0.0384. The van der Waals surface area contributed by atoms with Gasteiger partial charge in [-0.1, -0.05) is 45.9 Å². The summed E-state index contributed by atoms with van der Waals surface area (Å²) >= 11 is 0. The van der Waals surface area contributed by atoms with E-state index in [1.807, 2.05) is 92.1 Å². The summed E-state index contributed by atoms with van der Waals surface area (Å²) in [7, 11) is 4.54. The average molecular weight is 795 g/mol. The number of fused-ring (bicyclic) bond motifs is 2. The Bertz CT molecular complexity index is 2230. The van der Waals surface area contributed by atoms with Crippen LogP contribution in [0.5, 0.6) is 11.5 Å². The van der Waals surface area contributed by atoms with Crippen LogP contribution in [0.3, 0.4) is 0 Å². The molecule has 4 N–H and O–H groups in total. The zero-order valence-corrected chi connectivity index (χ0v) is 34.2. The molecule has 0 saturated carbocycles. The van der Waals surface area contributed by atoms with Crippen LogP contribution in [0, 0.1) is 11.8 Å². The van der Waals surface area contributed by atoms with Gasteiger partial charge in [0.1, 0.15) is 35.2 Å². The van der Waals surface area contributed by atoms with E-state index in [0.717, 1.165) is 64.7 Å². The van der Waals surface area contributed by atoms with Crippen molar-refractivity contribution in [1.82, 2.24) is 40.4 Å². The Morgan fingerprint density at radius 2 is 1.28 bits per heavy atom. The maximum Gasteiger partial charge on any atom is 0.407 e. The van der Waals surface area contributed by atoms with E-state index in [-0.39, 0.29) is 35.7 Å². The molecule has 15 nitrogen and oxygen atoms in total. The Morgan fingerprint density at radius 1 is 0.741 bits per heavy atom. The first-order valence-electron chi connectivity index (χ1n) is 19.8. The van der Waals surface area contributed by atoms with E-state index in [4.69, 9.17) is 19.4 Å². The molecule has 15 heteroatoms. The predicted molar refractivity (Wildman–Crippen MR) is 220 cm³/mol. The number of H-pyrrole nitrogens is 2. The van der Waals surface area contributed by atoms with Gasteiger partial charge < -0.3 is 44.6 Å². The van der Waals surface area contributed by atoms with Crippen molar-refractivity contribution < 1.29 is 33.4 Å². The number of carbonyl (C=O) groups excluding carboxylic acids is 4. The molecular formula is C43H54N8O7. The molecule has 0 aliphatic carbocycles. The number of methoxy groups -OCH3 is 2. The Kier molecular flexibility index (Phi) is 13.3. The number of hydrogen-bond donors (Lipinski definition) is 4. The number of aromatic nitrogens is 4. The van der Waals surface area contributed by atoms with Gasteiger partial charge >= 0.3 is 6.09 Å². The number of nitrogens with one attached hydrogen (secondary N) is 4. The average Bonchev–Trinajstić information content (AvgIpc) is 4.04. The maximum absolute atomic E-state index is 13.6. The molecule has 0 radical (unpaired) electrons. The normalized spacial score (nSPS) is 17.6. The second kappa shape index (κ2) is 18.5. The predicted octanol–water partition coefficient (Wildman–Crippen LogP) is 6.64. The number of amides is 4. The van der Waals surface area contributed by atoms with Crippen LogP contribution >= 0.6 is 0 Å². The molecule has 4 amide bonds. The third kappa shape index (κ3) is 9.09. The van der Waals surface area contributed by atoms with Crippen LogP contribution in [0.1, 0.15) is 77.1 Å². The Balaban J connectivity index is 0.00000183. The van der Waals surface area contributed by atoms with Crippen molar-refractivity contribution in [3.05, 3.63) is 72.3 Å². The quantitative estimate of drug-likeness (QED) is 0.101. The van der Waals surface area contributed by atoms with Gasteiger partial charge in [-0.3, -0.25) is 14.4 Å². The minimum Gasteiger partial charge on any atom is -0.457 e. The highest BCUT2D eigenvalue weighted by atomic mass is 16.5. The van der Waals surface area contributed by atoms with E-state index in [1.54, 1.807) is 14.2 Å². The summed E-state index contributed by atoms with van der Waals surface area (Å²) in [5, 5.41) is 5.39. The number of hydrogen-bond acceptors (Lipinski definition) is 9. The number of nitrogens with zero attached hydrogens (tertiary/aromatic N) is 4. The van der Waals surface area contributed by atoms with Crippen molar-refractivity contribution in [2.45, 2.75) is 77.5 Å². The first-order chi connectivity index (χ1) is 28.0. The van der Waals surface area contributed by atoms with Gasteiger partial charge in [0.15, 0.2) is 0 Å². The molecule has 308 valence electrons. The van der Waals surface area contributed by atoms with Crippen molar-refractivity contribution in [3.8, 4) is 22.6 Å².